The summed E-state index contributed by atoms with van der Waals surface area (Å²) in [6.45, 7) is 3.73. The van der Waals surface area contributed by atoms with E-state index in [1.165, 1.54) is 12.1 Å². The normalized spacial score (nSPS) is 21.8. The zero-order valence-electron chi connectivity index (χ0n) is 13.9. The summed E-state index contributed by atoms with van der Waals surface area (Å²) in [4.78, 5) is 2.15. The van der Waals surface area contributed by atoms with E-state index in [-0.39, 0.29) is 23.0 Å². The maximum atomic E-state index is 13.7. The van der Waals surface area contributed by atoms with Crippen LogP contribution in [0.3, 0.4) is 0 Å². The van der Waals surface area contributed by atoms with E-state index < -0.39 is 15.8 Å². The lowest BCUT2D eigenvalue weighted by atomic mass is 9.60. The van der Waals surface area contributed by atoms with Crippen molar-refractivity contribution >= 4 is 10.0 Å². The zero-order chi connectivity index (χ0) is 17.4. The number of rotatable bonds is 5. The fraction of sp³-hybridized carbons (Fsp3) is 0.647. The van der Waals surface area contributed by atoms with Crippen molar-refractivity contribution in [2.24, 2.45) is 5.41 Å². The van der Waals surface area contributed by atoms with Crippen molar-refractivity contribution in [3.8, 4) is 0 Å². The molecule has 4 nitrogen and oxygen atoms in total. The van der Waals surface area contributed by atoms with E-state index in [0.29, 0.717) is 12.1 Å². The van der Waals surface area contributed by atoms with Gasteiger partial charge in [-0.1, -0.05) is 0 Å². The van der Waals surface area contributed by atoms with Crippen LogP contribution in [0.2, 0.25) is 0 Å². The number of sulfonamides is 1. The van der Waals surface area contributed by atoms with Gasteiger partial charge in [-0.3, -0.25) is 4.90 Å². The van der Waals surface area contributed by atoms with Gasteiger partial charge < -0.3 is 0 Å². The fourth-order valence-corrected chi connectivity index (χ4v) is 4.75. The molecule has 0 amide bonds. The Balaban J connectivity index is 1.50. The molecule has 2 aliphatic rings. The maximum Gasteiger partial charge on any atom is 0.211 e. The molecule has 0 atom stereocenters. The van der Waals surface area contributed by atoms with Crippen molar-refractivity contribution in [3.05, 3.63) is 35.4 Å². The Kier molecular flexibility index (Phi) is 4.95. The first-order valence-electron chi connectivity index (χ1n) is 8.47. The van der Waals surface area contributed by atoms with Crippen LogP contribution in [0.1, 0.15) is 38.2 Å². The van der Waals surface area contributed by atoms with Crippen molar-refractivity contribution in [2.45, 2.75) is 45.2 Å². The number of hydrogen-bond acceptors (Lipinski definition) is 3. The predicted octanol–water partition coefficient (Wildman–Crippen LogP) is 2.65. The van der Waals surface area contributed by atoms with Crippen LogP contribution in [-0.4, -0.2) is 38.2 Å². The first kappa shape index (κ1) is 17.8. The molecular formula is C17H24F2N2O2S. The van der Waals surface area contributed by atoms with Gasteiger partial charge in [0, 0.05) is 18.2 Å². The highest BCUT2D eigenvalue weighted by atomic mass is 32.2. The van der Waals surface area contributed by atoms with Gasteiger partial charge in [0.1, 0.15) is 11.6 Å². The summed E-state index contributed by atoms with van der Waals surface area (Å²) in [5.41, 5.74) is 0.617. The molecule has 1 aromatic rings. The van der Waals surface area contributed by atoms with Crippen LogP contribution in [0, 0.1) is 17.0 Å². The van der Waals surface area contributed by atoms with E-state index in [4.69, 9.17) is 0 Å². The molecular weight excluding hydrogens is 334 g/mol. The van der Waals surface area contributed by atoms with E-state index in [1.807, 2.05) is 0 Å². The smallest absolute Gasteiger partial charge is 0.211 e. The molecule has 1 aromatic carbocycles. The first-order chi connectivity index (χ1) is 11.3. The van der Waals surface area contributed by atoms with E-state index in [9.17, 15) is 17.2 Å². The highest BCUT2D eigenvalue weighted by Crippen LogP contribution is 2.49. The summed E-state index contributed by atoms with van der Waals surface area (Å²) in [5.74, 6) is -0.664. The number of benzene rings is 1. The highest BCUT2D eigenvalue weighted by Gasteiger charge is 2.46. The van der Waals surface area contributed by atoms with Crippen LogP contribution < -0.4 is 4.72 Å². The first-order valence-corrected chi connectivity index (χ1v) is 10.1. The SMILES string of the molecule is CCS(=O)(=O)NC1CC2(CCN(Cc3cc(F)ccc3F)CC2)C1. The number of likely N-dealkylation sites (tertiary alicyclic amines) is 1. The van der Waals surface area contributed by atoms with Crippen molar-refractivity contribution in [2.75, 3.05) is 18.8 Å². The van der Waals surface area contributed by atoms with Crippen LogP contribution in [-0.2, 0) is 16.6 Å². The van der Waals surface area contributed by atoms with Crippen molar-refractivity contribution in [1.82, 2.24) is 9.62 Å². The molecule has 2 fully saturated rings. The molecule has 0 unspecified atom stereocenters. The lowest BCUT2D eigenvalue weighted by molar-refractivity contribution is 0.0103. The number of piperidine rings is 1. The molecule has 1 saturated carbocycles. The van der Waals surface area contributed by atoms with Crippen LogP contribution in [0.25, 0.3) is 0 Å². The van der Waals surface area contributed by atoms with E-state index in [2.05, 4.69) is 9.62 Å². The second kappa shape index (κ2) is 6.69. The third kappa shape index (κ3) is 3.95. The molecule has 3 rings (SSSR count). The fourth-order valence-electron chi connectivity index (χ4n) is 3.91. The average Bonchev–Trinajstić information content (AvgIpc) is 2.51. The van der Waals surface area contributed by atoms with Crippen molar-refractivity contribution in [1.29, 1.82) is 0 Å². The van der Waals surface area contributed by atoms with Gasteiger partial charge >= 0.3 is 0 Å². The zero-order valence-corrected chi connectivity index (χ0v) is 14.7. The standard InChI is InChI=1S/C17H24F2N2O2S/c1-2-24(22,23)20-15-10-17(11-15)5-7-21(8-6-17)12-13-9-14(18)3-4-16(13)19/h3-4,9,15,20H,2,5-8,10-12H2,1H3. The molecule has 1 aliphatic heterocycles. The van der Waals surface area contributed by atoms with Crippen LogP contribution >= 0.6 is 0 Å². The summed E-state index contributed by atoms with van der Waals surface area (Å²) >= 11 is 0. The van der Waals surface area contributed by atoms with E-state index in [1.54, 1.807) is 6.92 Å². The second-order valence-corrected chi connectivity index (χ2v) is 9.18. The highest BCUT2D eigenvalue weighted by molar-refractivity contribution is 7.89. The summed E-state index contributed by atoms with van der Waals surface area (Å²) in [7, 11) is -3.13. The molecule has 134 valence electrons. The Morgan fingerprint density at radius 3 is 2.54 bits per heavy atom. The van der Waals surface area contributed by atoms with Gasteiger partial charge in [0.15, 0.2) is 0 Å². The Bertz CT molecular complexity index is 693. The van der Waals surface area contributed by atoms with Crippen LogP contribution in [0.5, 0.6) is 0 Å². The third-order valence-electron chi connectivity index (χ3n) is 5.40. The Labute approximate surface area is 142 Å². The Morgan fingerprint density at radius 1 is 1.25 bits per heavy atom. The molecule has 1 heterocycles. The summed E-state index contributed by atoms with van der Waals surface area (Å²) in [6, 6.07) is 3.63. The van der Waals surface area contributed by atoms with Gasteiger partial charge in [-0.15, -0.1) is 0 Å². The lowest BCUT2D eigenvalue weighted by Crippen LogP contribution is -2.54. The summed E-state index contributed by atoms with van der Waals surface area (Å²) in [5, 5.41) is 0. The molecule has 24 heavy (non-hydrogen) atoms. The molecule has 1 spiro atoms. The predicted molar refractivity (Wildman–Crippen MR) is 88.9 cm³/mol. The molecule has 7 heteroatoms. The van der Waals surface area contributed by atoms with E-state index >= 15 is 0 Å². The summed E-state index contributed by atoms with van der Waals surface area (Å²) in [6.07, 6.45) is 3.73. The number of halogens is 2. The van der Waals surface area contributed by atoms with Gasteiger partial charge in [-0.25, -0.2) is 21.9 Å². The van der Waals surface area contributed by atoms with E-state index in [0.717, 1.165) is 44.8 Å². The Morgan fingerprint density at radius 2 is 1.92 bits per heavy atom. The molecule has 1 saturated heterocycles. The molecule has 1 aliphatic carbocycles. The van der Waals surface area contributed by atoms with Gasteiger partial charge in [-0.2, -0.15) is 0 Å². The van der Waals surface area contributed by atoms with Gasteiger partial charge in [0.2, 0.25) is 10.0 Å². The minimum absolute atomic E-state index is 0.0576. The minimum atomic E-state index is -3.13. The Hall–Kier alpha value is -1.05. The van der Waals surface area contributed by atoms with Crippen molar-refractivity contribution < 1.29 is 17.2 Å². The average molecular weight is 358 g/mol. The van der Waals surface area contributed by atoms with Gasteiger partial charge in [0.25, 0.3) is 0 Å². The molecule has 0 bridgehead atoms. The van der Waals surface area contributed by atoms with Crippen molar-refractivity contribution in [3.63, 3.8) is 0 Å². The molecule has 0 aromatic heterocycles. The number of hydrogen-bond donors (Lipinski definition) is 1. The lowest BCUT2D eigenvalue weighted by Gasteiger charge is -2.52. The van der Waals surface area contributed by atoms with Gasteiger partial charge in [-0.05, 0) is 69.3 Å². The summed E-state index contributed by atoms with van der Waals surface area (Å²) < 4.78 is 52.9. The largest absolute Gasteiger partial charge is 0.299 e. The maximum absolute atomic E-state index is 13.7. The third-order valence-corrected chi connectivity index (χ3v) is 6.86. The van der Waals surface area contributed by atoms with Crippen LogP contribution in [0.15, 0.2) is 18.2 Å². The number of nitrogens with one attached hydrogen (secondary N) is 1. The van der Waals surface area contributed by atoms with Gasteiger partial charge in [0.05, 0.1) is 5.75 Å². The topological polar surface area (TPSA) is 49.4 Å². The number of nitrogens with zero attached hydrogens (tertiary/aromatic N) is 1. The quantitative estimate of drug-likeness (QED) is 0.880. The minimum Gasteiger partial charge on any atom is -0.299 e. The van der Waals surface area contributed by atoms with Crippen LogP contribution in [0.4, 0.5) is 8.78 Å². The molecule has 0 radical (unpaired) electrons. The monoisotopic (exact) mass is 358 g/mol. The molecule has 1 N–H and O–H groups in total. The second-order valence-electron chi connectivity index (χ2n) is 7.14.